The minimum atomic E-state index is -0.524. The second kappa shape index (κ2) is 5.17. The van der Waals surface area contributed by atoms with Crippen molar-refractivity contribution in [2.45, 2.75) is 5.54 Å². The lowest BCUT2D eigenvalue weighted by atomic mass is 9.79. The van der Waals surface area contributed by atoms with Gasteiger partial charge >= 0.3 is 0 Å². The van der Waals surface area contributed by atoms with Gasteiger partial charge in [-0.2, -0.15) is 0 Å². The monoisotopic (exact) mass is 314 g/mol. The van der Waals surface area contributed by atoms with Crippen LogP contribution in [-0.4, -0.2) is 17.1 Å². The molecule has 1 unspecified atom stereocenters. The maximum absolute atomic E-state index is 6.22. The number of benzene rings is 2. The largest absolute Gasteiger partial charge is 0.335 e. The summed E-state index contributed by atoms with van der Waals surface area (Å²) < 4.78 is 0. The maximum atomic E-state index is 6.22. The molecule has 0 spiro atoms. The molecule has 0 radical (unpaired) electrons. The molecule has 0 fully saturated rings. The van der Waals surface area contributed by atoms with Crippen molar-refractivity contribution in [3.63, 3.8) is 0 Å². The summed E-state index contributed by atoms with van der Waals surface area (Å²) in [6, 6.07) is 16.0. The predicted octanol–water partition coefficient (Wildman–Crippen LogP) is 4.41. The van der Waals surface area contributed by atoms with Gasteiger partial charge in [-0.1, -0.05) is 48.0 Å². The van der Waals surface area contributed by atoms with Gasteiger partial charge < -0.3 is 10.2 Å². The number of likely N-dealkylation sites (N-methyl/N-ethyl adjacent to an activating group) is 1. The van der Waals surface area contributed by atoms with Crippen molar-refractivity contribution in [1.29, 1.82) is 0 Å². The molecule has 0 bridgehead atoms. The molecule has 2 nitrogen and oxygen atoms in total. The molecular formula is C17H15ClN2S. The first-order valence-electron chi connectivity index (χ1n) is 6.63. The minimum Gasteiger partial charge on any atom is -0.335 e. The highest BCUT2D eigenvalue weighted by Gasteiger charge is 2.42. The molecule has 3 rings (SSSR count). The molecule has 2 aromatic carbocycles. The van der Waals surface area contributed by atoms with Gasteiger partial charge in [0.1, 0.15) is 5.54 Å². The highest BCUT2D eigenvalue weighted by atomic mass is 35.5. The Morgan fingerprint density at radius 2 is 1.95 bits per heavy atom. The third-order valence-corrected chi connectivity index (χ3v) is 4.59. The van der Waals surface area contributed by atoms with Crippen molar-refractivity contribution in [3.05, 3.63) is 77.3 Å². The van der Waals surface area contributed by atoms with Gasteiger partial charge in [-0.25, -0.2) is 0 Å². The van der Waals surface area contributed by atoms with Crippen LogP contribution in [0.2, 0.25) is 5.02 Å². The van der Waals surface area contributed by atoms with Gasteiger partial charge in [0, 0.05) is 23.3 Å². The van der Waals surface area contributed by atoms with E-state index >= 15 is 0 Å². The summed E-state index contributed by atoms with van der Waals surface area (Å²) in [6.07, 6.45) is 1.92. The van der Waals surface area contributed by atoms with E-state index in [1.165, 1.54) is 0 Å². The molecule has 0 saturated heterocycles. The zero-order valence-corrected chi connectivity index (χ0v) is 13.2. The number of nitrogens with zero attached hydrogens (tertiary/aromatic N) is 1. The molecule has 0 saturated carbocycles. The van der Waals surface area contributed by atoms with Crippen LogP contribution in [0.25, 0.3) is 0 Å². The Balaban J connectivity index is 2.35. The van der Waals surface area contributed by atoms with E-state index in [-0.39, 0.29) is 0 Å². The zero-order valence-electron chi connectivity index (χ0n) is 11.6. The molecule has 0 aromatic heterocycles. The lowest BCUT2D eigenvalue weighted by Gasteiger charge is -2.46. The molecule has 1 aliphatic heterocycles. The van der Waals surface area contributed by atoms with Crippen LogP contribution in [0.3, 0.4) is 0 Å². The number of hydrogen-bond donors (Lipinski definition) is 1. The summed E-state index contributed by atoms with van der Waals surface area (Å²) in [5.41, 5.74) is 2.59. The van der Waals surface area contributed by atoms with Crippen LogP contribution in [-0.2, 0) is 5.54 Å². The first kappa shape index (κ1) is 14.1. The van der Waals surface area contributed by atoms with Crippen LogP contribution in [0.5, 0.6) is 0 Å². The molecule has 1 heterocycles. The highest BCUT2D eigenvalue weighted by molar-refractivity contribution is 7.80. The van der Waals surface area contributed by atoms with Crippen LogP contribution < -0.4 is 5.32 Å². The Hall–Kier alpha value is -1.84. The molecule has 1 aliphatic rings. The Morgan fingerprint density at radius 1 is 1.24 bits per heavy atom. The summed E-state index contributed by atoms with van der Waals surface area (Å²) in [5.74, 6) is 0. The van der Waals surface area contributed by atoms with Gasteiger partial charge in [0.25, 0.3) is 0 Å². The number of fused-ring (bicyclic) bond motifs is 1. The van der Waals surface area contributed by atoms with E-state index in [1.54, 1.807) is 0 Å². The van der Waals surface area contributed by atoms with Crippen molar-refractivity contribution in [2.24, 2.45) is 0 Å². The average Bonchev–Trinajstić information content (AvgIpc) is 2.51. The fourth-order valence-electron chi connectivity index (χ4n) is 2.89. The van der Waals surface area contributed by atoms with Crippen molar-refractivity contribution >= 4 is 34.6 Å². The van der Waals surface area contributed by atoms with Gasteiger partial charge in [0.05, 0.1) is 0 Å². The van der Waals surface area contributed by atoms with E-state index in [4.69, 9.17) is 23.8 Å². The van der Waals surface area contributed by atoms with Gasteiger partial charge in [-0.15, -0.1) is 6.58 Å². The Morgan fingerprint density at radius 3 is 2.62 bits per heavy atom. The zero-order chi connectivity index (χ0) is 15.0. The highest BCUT2D eigenvalue weighted by Crippen LogP contribution is 2.44. The van der Waals surface area contributed by atoms with Crippen LogP contribution in [0.15, 0.2) is 61.2 Å². The van der Waals surface area contributed by atoms with Crippen molar-refractivity contribution in [3.8, 4) is 0 Å². The molecule has 21 heavy (non-hydrogen) atoms. The van der Waals surface area contributed by atoms with Gasteiger partial charge in [-0.3, -0.25) is 0 Å². The first-order valence-corrected chi connectivity index (χ1v) is 7.42. The number of halogens is 1. The molecule has 106 valence electrons. The van der Waals surface area contributed by atoms with E-state index in [0.29, 0.717) is 10.1 Å². The topological polar surface area (TPSA) is 15.3 Å². The second-order valence-corrected chi connectivity index (χ2v) is 5.84. The molecule has 0 aliphatic carbocycles. The summed E-state index contributed by atoms with van der Waals surface area (Å²) in [4.78, 5) is 2.02. The number of hydrogen-bond acceptors (Lipinski definition) is 1. The average molecular weight is 315 g/mol. The lowest BCUT2D eigenvalue weighted by Crippen LogP contribution is -2.52. The molecule has 2 aromatic rings. The smallest absolute Gasteiger partial charge is 0.174 e. The third-order valence-electron chi connectivity index (χ3n) is 3.98. The summed E-state index contributed by atoms with van der Waals surface area (Å²) in [5, 5.41) is 4.60. The van der Waals surface area contributed by atoms with Crippen molar-refractivity contribution in [1.82, 2.24) is 4.90 Å². The lowest BCUT2D eigenvalue weighted by molar-refractivity contribution is 0.328. The molecule has 1 atom stereocenters. The number of rotatable bonds is 2. The van der Waals surface area contributed by atoms with E-state index in [1.807, 2.05) is 54.4 Å². The predicted molar refractivity (Wildman–Crippen MR) is 92.9 cm³/mol. The normalized spacial score (nSPS) is 20.7. The minimum absolute atomic E-state index is 0.524. The third kappa shape index (κ3) is 2.04. The Labute approximate surface area is 135 Å². The van der Waals surface area contributed by atoms with E-state index < -0.39 is 5.54 Å². The van der Waals surface area contributed by atoms with E-state index in [2.05, 4.69) is 24.0 Å². The Kier molecular flexibility index (Phi) is 3.47. The van der Waals surface area contributed by atoms with E-state index in [0.717, 1.165) is 16.8 Å². The molecule has 1 N–H and O–H groups in total. The summed E-state index contributed by atoms with van der Waals surface area (Å²) in [6.45, 7) is 4.07. The van der Waals surface area contributed by atoms with Crippen LogP contribution in [0, 0.1) is 0 Å². The fourth-order valence-corrected chi connectivity index (χ4v) is 3.31. The number of nitrogens with one attached hydrogen (secondary N) is 1. The van der Waals surface area contributed by atoms with Gasteiger partial charge in [-0.05, 0) is 36.0 Å². The SMILES string of the molecule is C=CC1(c2ccccc2)c2cc(Cl)ccc2NC(=S)N1C. The summed E-state index contributed by atoms with van der Waals surface area (Å²) in [7, 11) is 1.97. The van der Waals surface area contributed by atoms with E-state index in [9.17, 15) is 0 Å². The van der Waals surface area contributed by atoms with Crippen molar-refractivity contribution < 1.29 is 0 Å². The first-order chi connectivity index (χ1) is 10.1. The molecule has 4 heteroatoms. The standard InChI is InChI=1S/C17H15ClN2S/c1-3-17(12-7-5-4-6-8-12)14-11-13(18)9-10-15(14)19-16(21)20(17)2/h3-11H,1H2,2H3,(H,19,21). The maximum Gasteiger partial charge on any atom is 0.174 e. The summed E-state index contributed by atoms with van der Waals surface area (Å²) >= 11 is 11.7. The Bertz CT molecular complexity index is 714. The molecular weight excluding hydrogens is 300 g/mol. The van der Waals surface area contributed by atoms with Gasteiger partial charge in [0.2, 0.25) is 0 Å². The second-order valence-electron chi connectivity index (χ2n) is 5.02. The molecule has 0 amide bonds. The van der Waals surface area contributed by atoms with Crippen LogP contribution >= 0.6 is 23.8 Å². The van der Waals surface area contributed by atoms with Crippen LogP contribution in [0.1, 0.15) is 11.1 Å². The quantitative estimate of drug-likeness (QED) is 0.653. The van der Waals surface area contributed by atoms with Crippen LogP contribution in [0.4, 0.5) is 5.69 Å². The van der Waals surface area contributed by atoms with Gasteiger partial charge in [0.15, 0.2) is 5.11 Å². The number of anilines is 1. The van der Waals surface area contributed by atoms with Crippen molar-refractivity contribution in [2.75, 3.05) is 12.4 Å². The number of thiocarbonyl (C=S) groups is 1. The fraction of sp³-hybridized carbons (Fsp3) is 0.118.